The van der Waals surface area contributed by atoms with Gasteiger partial charge < -0.3 is 10.0 Å². The highest BCUT2D eigenvalue weighted by Gasteiger charge is 2.30. The fraction of sp³-hybridized carbons (Fsp3) is 0.364. The smallest absolute Gasteiger partial charge is 0.229 e. The van der Waals surface area contributed by atoms with Crippen LogP contribution in [0.5, 0.6) is 0 Å². The third kappa shape index (κ3) is 1.90. The van der Waals surface area contributed by atoms with Crippen LogP contribution < -0.4 is 4.90 Å². The van der Waals surface area contributed by atoms with Gasteiger partial charge in [0.1, 0.15) is 5.82 Å². The normalized spacial score (nSPS) is 20.6. The Hall–Kier alpha value is -1.13. The van der Waals surface area contributed by atoms with Crippen LogP contribution in [0.4, 0.5) is 10.1 Å². The van der Waals surface area contributed by atoms with Crippen molar-refractivity contribution in [3.63, 3.8) is 0 Å². The van der Waals surface area contributed by atoms with Gasteiger partial charge in [0, 0.05) is 0 Å². The molecule has 0 radical (unpaired) electrons. The highest BCUT2D eigenvalue weighted by Crippen LogP contribution is 2.31. The molecule has 3 nitrogen and oxygen atoms in total. The van der Waals surface area contributed by atoms with Gasteiger partial charge in [0.05, 0.1) is 29.8 Å². The third-order valence-corrected chi connectivity index (χ3v) is 2.93. The molecule has 1 amide bonds. The second-order valence-electron chi connectivity index (χ2n) is 3.92. The quantitative estimate of drug-likeness (QED) is 0.818. The Kier molecular flexibility index (Phi) is 2.86. The van der Waals surface area contributed by atoms with Gasteiger partial charge in [-0.2, -0.15) is 0 Å². The van der Waals surface area contributed by atoms with Crippen molar-refractivity contribution < 1.29 is 14.3 Å². The van der Waals surface area contributed by atoms with E-state index < -0.39 is 11.9 Å². The number of carbonyl (C=O) groups is 1. The lowest BCUT2D eigenvalue weighted by atomic mass is 10.2. The number of aryl methyl sites for hydroxylation is 1. The number of hydrogen-bond donors (Lipinski definition) is 1. The van der Waals surface area contributed by atoms with Gasteiger partial charge in [0.2, 0.25) is 5.91 Å². The minimum atomic E-state index is -0.672. The number of hydrogen-bond acceptors (Lipinski definition) is 2. The van der Waals surface area contributed by atoms with Crippen molar-refractivity contribution >= 4 is 23.2 Å². The van der Waals surface area contributed by atoms with Crippen LogP contribution in [0.3, 0.4) is 0 Å². The molecule has 0 aliphatic carbocycles. The average molecular weight is 244 g/mol. The zero-order chi connectivity index (χ0) is 11.9. The number of aliphatic hydroxyl groups excluding tert-OH is 1. The summed E-state index contributed by atoms with van der Waals surface area (Å²) in [5.41, 5.74) is 0.885. The van der Waals surface area contributed by atoms with E-state index in [1.807, 2.05) is 0 Å². The number of carbonyl (C=O) groups excluding carboxylic acids is 1. The second kappa shape index (κ2) is 4.03. The van der Waals surface area contributed by atoms with Gasteiger partial charge in [-0.3, -0.25) is 4.79 Å². The Morgan fingerprint density at radius 1 is 1.56 bits per heavy atom. The van der Waals surface area contributed by atoms with Crippen molar-refractivity contribution in [1.82, 2.24) is 0 Å². The molecule has 0 aromatic heterocycles. The molecule has 2 rings (SSSR count). The van der Waals surface area contributed by atoms with E-state index >= 15 is 0 Å². The van der Waals surface area contributed by atoms with Gasteiger partial charge in [0.25, 0.3) is 0 Å². The van der Waals surface area contributed by atoms with E-state index in [-0.39, 0.29) is 23.9 Å². The van der Waals surface area contributed by atoms with Crippen molar-refractivity contribution in [2.24, 2.45) is 0 Å². The van der Waals surface area contributed by atoms with Crippen molar-refractivity contribution in [1.29, 1.82) is 0 Å². The molecule has 16 heavy (non-hydrogen) atoms. The van der Waals surface area contributed by atoms with E-state index in [1.54, 1.807) is 6.92 Å². The third-order valence-electron chi connectivity index (χ3n) is 2.62. The molecule has 0 saturated carbocycles. The molecular formula is C11H11ClFNO2. The first-order chi connectivity index (χ1) is 7.49. The second-order valence-corrected chi connectivity index (χ2v) is 4.32. The lowest BCUT2D eigenvalue weighted by Crippen LogP contribution is -2.25. The van der Waals surface area contributed by atoms with Gasteiger partial charge >= 0.3 is 0 Å². The minimum Gasteiger partial charge on any atom is -0.391 e. The highest BCUT2D eigenvalue weighted by molar-refractivity contribution is 6.33. The highest BCUT2D eigenvalue weighted by atomic mass is 35.5. The predicted octanol–water partition coefficient (Wildman–Crippen LogP) is 1.89. The van der Waals surface area contributed by atoms with Crippen LogP contribution in [0.15, 0.2) is 12.1 Å². The number of β-amino-alcohol motifs (C(OH)–C–C–N with tert-alkyl or cyclic N) is 1. The lowest BCUT2D eigenvalue weighted by Gasteiger charge is -2.18. The number of rotatable bonds is 1. The Bertz CT molecular complexity index is 450. The lowest BCUT2D eigenvalue weighted by molar-refractivity contribution is -0.117. The van der Waals surface area contributed by atoms with E-state index in [1.165, 1.54) is 17.0 Å². The molecule has 1 aromatic carbocycles. The molecular weight excluding hydrogens is 233 g/mol. The molecule has 1 atom stereocenters. The minimum absolute atomic E-state index is 0.0900. The van der Waals surface area contributed by atoms with E-state index in [0.717, 1.165) is 0 Å². The molecule has 0 bridgehead atoms. The molecule has 1 N–H and O–H groups in total. The summed E-state index contributed by atoms with van der Waals surface area (Å²) in [6, 6.07) is 2.71. The van der Waals surface area contributed by atoms with Gasteiger partial charge in [-0.1, -0.05) is 11.6 Å². The maximum atomic E-state index is 13.2. The van der Waals surface area contributed by atoms with E-state index in [0.29, 0.717) is 11.3 Å². The summed E-state index contributed by atoms with van der Waals surface area (Å²) in [5, 5.41) is 9.55. The first kappa shape index (κ1) is 11.4. The summed E-state index contributed by atoms with van der Waals surface area (Å²) in [7, 11) is 0. The fourth-order valence-electron chi connectivity index (χ4n) is 1.77. The average Bonchev–Trinajstić information content (AvgIpc) is 2.51. The molecule has 0 spiro atoms. The van der Waals surface area contributed by atoms with Crippen LogP contribution in [0.1, 0.15) is 12.0 Å². The predicted molar refractivity (Wildman–Crippen MR) is 59.1 cm³/mol. The Balaban J connectivity index is 2.41. The molecule has 1 aliphatic heterocycles. The van der Waals surface area contributed by atoms with Crippen LogP contribution >= 0.6 is 11.6 Å². The summed E-state index contributed by atoms with van der Waals surface area (Å²) in [6.45, 7) is 1.82. The Labute approximate surface area is 97.4 Å². The van der Waals surface area contributed by atoms with Crippen molar-refractivity contribution in [3.8, 4) is 0 Å². The first-order valence-corrected chi connectivity index (χ1v) is 5.31. The fourth-order valence-corrected chi connectivity index (χ4v) is 2.02. The van der Waals surface area contributed by atoms with Crippen LogP contribution in [0.2, 0.25) is 5.02 Å². The summed E-state index contributed by atoms with van der Waals surface area (Å²) < 4.78 is 13.2. The van der Waals surface area contributed by atoms with Crippen molar-refractivity contribution in [2.45, 2.75) is 19.4 Å². The molecule has 1 aliphatic rings. The Morgan fingerprint density at radius 2 is 2.25 bits per heavy atom. The van der Waals surface area contributed by atoms with Crippen molar-refractivity contribution in [3.05, 3.63) is 28.5 Å². The molecule has 1 fully saturated rings. The number of benzene rings is 1. The largest absolute Gasteiger partial charge is 0.391 e. The van der Waals surface area contributed by atoms with Crippen LogP contribution in [-0.2, 0) is 4.79 Å². The molecule has 1 unspecified atom stereocenters. The van der Waals surface area contributed by atoms with Crippen LogP contribution in [0, 0.1) is 12.7 Å². The van der Waals surface area contributed by atoms with E-state index in [9.17, 15) is 14.3 Å². The first-order valence-electron chi connectivity index (χ1n) is 4.93. The zero-order valence-corrected chi connectivity index (χ0v) is 9.46. The summed E-state index contributed by atoms with van der Waals surface area (Å²) in [5.74, 6) is -0.596. The number of amides is 1. The van der Waals surface area contributed by atoms with Crippen LogP contribution in [0.25, 0.3) is 0 Å². The molecule has 1 aromatic rings. The number of anilines is 1. The van der Waals surface area contributed by atoms with Gasteiger partial charge in [-0.15, -0.1) is 0 Å². The van der Waals surface area contributed by atoms with Crippen molar-refractivity contribution in [2.75, 3.05) is 11.4 Å². The van der Waals surface area contributed by atoms with Gasteiger partial charge in [-0.05, 0) is 24.6 Å². The summed E-state index contributed by atoms with van der Waals surface area (Å²) in [6.07, 6.45) is -0.582. The number of halogens is 2. The Morgan fingerprint density at radius 3 is 2.81 bits per heavy atom. The topological polar surface area (TPSA) is 40.5 Å². The zero-order valence-electron chi connectivity index (χ0n) is 8.70. The van der Waals surface area contributed by atoms with E-state index in [4.69, 9.17) is 11.6 Å². The standard InChI is InChI=1S/C11H11ClFNO2/c1-6-2-10(8(12)4-9(6)13)14-5-7(15)3-11(14)16/h2,4,7,15H,3,5H2,1H3. The molecule has 1 heterocycles. The maximum Gasteiger partial charge on any atom is 0.229 e. The maximum absolute atomic E-state index is 13.2. The van der Waals surface area contributed by atoms with Gasteiger partial charge in [-0.25, -0.2) is 4.39 Å². The van der Waals surface area contributed by atoms with Crippen LogP contribution in [-0.4, -0.2) is 23.7 Å². The van der Waals surface area contributed by atoms with Gasteiger partial charge in [0.15, 0.2) is 0 Å². The summed E-state index contributed by atoms with van der Waals surface area (Å²) >= 11 is 5.88. The van der Waals surface area contributed by atoms with E-state index in [2.05, 4.69) is 0 Å². The summed E-state index contributed by atoms with van der Waals surface area (Å²) in [4.78, 5) is 12.9. The number of aliphatic hydroxyl groups is 1. The molecule has 5 heteroatoms. The molecule has 86 valence electrons. The number of nitrogens with zero attached hydrogens (tertiary/aromatic N) is 1. The SMILES string of the molecule is Cc1cc(N2CC(O)CC2=O)c(Cl)cc1F. The monoisotopic (exact) mass is 243 g/mol. The molecule has 1 saturated heterocycles.